The van der Waals surface area contributed by atoms with Crippen LogP contribution in [0.5, 0.6) is 0 Å². The standard InChI is InChI=1S/C8H12O/c1-6(2)8-4-7(3)9-5-8/h4-6H,1-3H3. The van der Waals surface area contributed by atoms with Crippen LogP contribution < -0.4 is 0 Å². The van der Waals surface area contributed by atoms with Crippen molar-refractivity contribution in [2.24, 2.45) is 0 Å². The van der Waals surface area contributed by atoms with Gasteiger partial charge in [0.2, 0.25) is 0 Å². The molecular weight excluding hydrogens is 112 g/mol. The monoisotopic (exact) mass is 124 g/mol. The van der Waals surface area contributed by atoms with Crippen LogP contribution in [0.2, 0.25) is 0 Å². The molecule has 0 saturated carbocycles. The van der Waals surface area contributed by atoms with Crippen LogP contribution in [0, 0.1) is 6.92 Å². The third-order valence-corrected chi connectivity index (χ3v) is 1.42. The molecule has 0 saturated heterocycles. The Morgan fingerprint density at radius 1 is 1.44 bits per heavy atom. The molecule has 1 rings (SSSR count). The largest absolute Gasteiger partial charge is 0.469 e. The van der Waals surface area contributed by atoms with Crippen molar-refractivity contribution in [1.29, 1.82) is 0 Å². The molecule has 0 atom stereocenters. The molecule has 0 aromatic carbocycles. The summed E-state index contributed by atoms with van der Waals surface area (Å²) in [6.07, 6.45) is 1.82. The summed E-state index contributed by atoms with van der Waals surface area (Å²) in [7, 11) is 0. The van der Waals surface area contributed by atoms with Crippen LogP contribution >= 0.6 is 0 Å². The summed E-state index contributed by atoms with van der Waals surface area (Å²) in [5, 5.41) is 0. The van der Waals surface area contributed by atoms with Crippen LogP contribution in [0.1, 0.15) is 31.1 Å². The highest BCUT2D eigenvalue weighted by Crippen LogP contribution is 2.16. The smallest absolute Gasteiger partial charge is 0.100 e. The zero-order chi connectivity index (χ0) is 6.85. The lowest BCUT2D eigenvalue weighted by molar-refractivity contribution is 0.530. The first kappa shape index (κ1) is 6.40. The summed E-state index contributed by atoms with van der Waals surface area (Å²) in [6, 6.07) is 2.07. The van der Waals surface area contributed by atoms with Gasteiger partial charge < -0.3 is 4.42 Å². The third kappa shape index (κ3) is 1.35. The maximum atomic E-state index is 5.13. The van der Waals surface area contributed by atoms with Gasteiger partial charge in [0.1, 0.15) is 5.76 Å². The Balaban J connectivity index is 2.85. The molecule has 0 N–H and O–H groups in total. The zero-order valence-corrected chi connectivity index (χ0v) is 6.14. The average Bonchev–Trinajstić information content (AvgIpc) is 2.14. The molecule has 0 aliphatic rings. The molecule has 1 aromatic rings. The first-order valence-electron chi connectivity index (χ1n) is 3.25. The van der Waals surface area contributed by atoms with Crippen molar-refractivity contribution in [3.63, 3.8) is 0 Å². The molecule has 0 unspecified atom stereocenters. The summed E-state index contributed by atoms with van der Waals surface area (Å²) < 4.78 is 5.13. The van der Waals surface area contributed by atoms with Crippen LogP contribution in [0.25, 0.3) is 0 Å². The van der Waals surface area contributed by atoms with Crippen LogP contribution in [0.4, 0.5) is 0 Å². The highest BCUT2D eigenvalue weighted by molar-refractivity contribution is 5.14. The van der Waals surface area contributed by atoms with Crippen molar-refractivity contribution >= 4 is 0 Å². The Labute approximate surface area is 55.7 Å². The number of rotatable bonds is 1. The first-order valence-corrected chi connectivity index (χ1v) is 3.25. The van der Waals surface area contributed by atoms with Gasteiger partial charge >= 0.3 is 0 Å². The summed E-state index contributed by atoms with van der Waals surface area (Å²) in [5.41, 5.74) is 1.28. The molecule has 1 heterocycles. The van der Waals surface area contributed by atoms with E-state index in [4.69, 9.17) is 4.42 Å². The summed E-state index contributed by atoms with van der Waals surface area (Å²) >= 11 is 0. The fourth-order valence-corrected chi connectivity index (χ4v) is 0.766. The van der Waals surface area contributed by atoms with Gasteiger partial charge in [-0.1, -0.05) is 13.8 Å². The van der Waals surface area contributed by atoms with Crippen LogP contribution in [-0.4, -0.2) is 0 Å². The maximum absolute atomic E-state index is 5.13. The first-order chi connectivity index (χ1) is 4.20. The van der Waals surface area contributed by atoms with Crippen molar-refractivity contribution < 1.29 is 4.42 Å². The minimum absolute atomic E-state index is 0.586. The second kappa shape index (κ2) is 2.26. The van der Waals surface area contributed by atoms with Crippen molar-refractivity contribution in [2.45, 2.75) is 26.7 Å². The average molecular weight is 124 g/mol. The van der Waals surface area contributed by atoms with Gasteiger partial charge in [-0.3, -0.25) is 0 Å². The van der Waals surface area contributed by atoms with E-state index in [1.807, 2.05) is 13.2 Å². The predicted molar refractivity (Wildman–Crippen MR) is 37.5 cm³/mol. The quantitative estimate of drug-likeness (QED) is 0.561. The van der Waals surface area contributed by atoms with Gasteiger partial charge in [-0.2, -0.15) is 0 Å². The molecule has 1 heteroatoms. The Bertz CT molecular complexity index is 186. The maximum Gasteiger partial charge on any atom is 0.100 e. The number of hydrogen-bond donors (Lipinski definition) is 0. The van der Waals surface area contributed by atoms with Gasteiger partial charge in [-0.25, -0.2) is 0 Å². The molecular formula is C8H12O. The zero-order valence-electron chi connectivity index (χ0n) is 6.14. The topological polar surface area (TPSA) is 13.1 Å². The minimum Gasteiger partial charge on any atom is -0.469 e. The highest BCUT2D eigenvalue weighted by Gasteiger charge is 2.00. The van der Waals surface area contributed by atoms with E-state index in [1.54, 1.807) is 0 Å². The number of hydrogen-bond acceptors (Lipinski definition) is 1. The third-order valence-electron chi connectivity index (χ3n) is 1.42. The lowest BCUT2D eigenvalue weighted by atomic mass is 10.1. The number of furan rings is 1. The van der Waals surface area contributed by atoms with E-state index in [0.29, 0.717) is 5.92 Å². The van der Waals surface area contributed by atoms with Crippen molar-refractivity contribution in [2.75, 3.05) is 0 Å². The van der Waals surface area contributed by atoms with E-state index in [2.05, 4.69) is 19.9 Å². The molecule has 0 spiro atoms. The molecule has 1 aromatic heterocycles. The molecule has 9 heavy (non-hydrogen) atoms. The van der Waals surface area contributed by atoms with Crippen molar-refractivity contribution in [3.8, 4) is 0 Å². The minimum atomic E-state index is 0.586. The Morgan fingerprint density at radius 3 is 2.33 bits per heavy atom. The van der Waals surface area contributed by atoms with Gasteiger partial charge in [0.15, 0.2) is 0 Å². The Hall–Kier alpha value is -0.720. The van der Waals surface area contributed by atoms with Gasteiger partial charge in [0.25, 0.3) is 0 Å². The fraction of sp³-hybridized carbons (Fsp3) is 0.500. The summed E-state index contributed by atoms with van der Waals surface area (Å²) in [6.45, 7) is 6.28. The molecule has 0 amide bonds. The van der Waals surface area contributed by atoms with Crippen molar-refractivity contribution in [1.82, 2.24) is 0 Å². The molecule has 0 aliphatic carbocycles. The Kier molecular flexibility index (Phi) is 1.60. The molecule has 1 nitrogen and oxygen atoms in total. The second-order valence-electron chi connectivity index (χ2n) is 2.65. The SMILES string of the molecule is Cc1cc(C(C)C)co1. The van der Waals surface area contributed by atoms with Crippen molar-refractivity contribution in [3.05, 3.63) is 23.7 Å². The van der Waals surface area contributed by atoms with E-state index in [-0.39, 0.29) is 0 Å². The second-order valence-corrected chi connectivity index (χ2v) is 2.65. The van der Waals surface area contributed by atoms with E-state index in [1.165, 1.54) is 5.56 Å². The van der Waals surface area contributed by atoms with Gasteiger partial charge in [-0.05, 0) is 24.5 Å². The molecule has 50 valence electrons. The molecule has 0 aliphatic heterocycles. The van der Waals surface area contributed by atoms with E-state index in [9.17, 15) is 0 Å². The van der Waals surface area contributed by atoms with Crippen LogP contribution in [0.15, 0.2) is 16.7 Å². The predicted octanol–water partition coefficient (Wildman–Crippen LogP) is 2.71. The van der Waals surface area contributed by atoms with E-state index in [0.717, 1.165) is 5.76 Å². The van der Waals surface area contributed by atoms with Crippen LogP contribution in [-0.2, 0) is 0 Å². The van der Waals surface area contributed by atoms with Gasteiger partial charge in [0.05, 0.1) is 6.26 Å². The summed E-state index contributed by atoms with van der Waals surface area (Å²) in [4.78, 5) is 0. The molecule has 0 radical (unpaired) electrons. The normalized spacial score (nSPS) is 10.7. The van der Waals surface area contributed by atoms with E-state index >= 15 is 0 Å². The van der Waals surface area contributed by atoms with E-state index < -0.39 is 0 Å². The molecule has 0 bridgehead atoms. The molecule has 0 fully saturated rings. The summed E-state index contributed by atoms with van der Waals surface area (Å²) in [5.74, 6) is 1.58. The lowest BCUT2D eigenvalue weighted by Crippen LogP contribution is -1.79. The van der Waals surface area contributed by atoms with Gasteiger partial charge in [-0.15, -0.1) is 0 Å². The lowest BCUT2D eigenvalue weighted by Gasteiger charge is -1.94. The Morgan fingerprint density at radius 2 is 2.11 bits per heavy atom. The van der Waals surface area contributed by atoms with Crippen LogP contribution in [0.3, 0.4) is 0 Å². The highest BCUT2D eigenvalue weighted by atomic mass is 16.3. The van der Waals surface area contributed by atoms with Gasteiger partial charge in [0, 0.05) is 0 Å². The number of aryl methyl sites for hydroxylation is 1. The fourth-order valence-electron chi connectivity index (χ4n) is 0.766.